The van der Waals surface area contributed by atoms with E-state index in [0.29, 0.717) is 41.7 Å². The number of fused-ring (bicyclic) bond motifs is 4. The van der Waals surface area contributed by atoms with Crippen molar-refractivity contribution in [3.05, 3.63) is 51.8 Å². The van der Waals surface area contributed by atoms with Crippen LogP contribution in [0, 0.1) is 11.8 Å². The second kappa shape index (κ2) is 10.4. The minimum Gasteiger partial charge on any atom is -0.508 e. The van der Waals surface area contributed by atoms with Gasteiger partial charge in [-0.25, -0.2) is 0 Å². The fraction of sp³-hybridized carbons (Fsp3) is 0.469. The first-order valence-electron chi connectivity index (χ1n) is 14.7. The van der Waals surface area contributed by atoms with Crippen molar-refractivity contribution in [2.45, 2.75) is 50.8 Å². The molecule has 0 spiro atoms. The number of phenolic OH excluding ortho intramolecular Hbond substituents is 1. The van der Waals surface area contributed by atoms with Crippen LogP contribution in [0.5, 0.6) is 11.5 Å². The number of aliphatic hydroxyl groups excluding tert-OH is 2. The molecule has 1 amide bonds. The monoisotopic (exact) mass is 591 g/mol. The molecule has 228 valence electrons. The number of ether oxygens (including phenoxy) is 1. The van der Waals surface area contributed by atoms with Crippen molar-refractivity contribution in [1.82, 2.24) is 9.80 Å². The summed E-state index contributed by atoms with van der Waals surface area (Å²) in [6.45, 7) is 5.06. The van der Waals surface area contributed by atoms with Gasteiger partial charge in [-0.05, 0) is 70.4 Å². The summed E-state index contributed by atoms with van der Waals surface area (Å²) in [7, 11) is 3.15. The van der Waals surface area contributed by atoms with Crippen LogP contribution in [0.3, 0.4) is 0 Å². The van der Waals surface area contributed by atoms with Gasteiger partial charge in [0, 0.05) is 34.4 Å². The lowest BCUT2D eigenvalue weighted by molar-refractivity contribution is -0.153. The molecule has 1 saturated heterocycles. The number of aliphatic hydroxyl groups is 3. The second-order valence-electron chi connectivity index (χ2n) is 12.4. The van der Waals surface area contributed by atoms with Crippen LogP contribution < -0.4 is 10.5 Å². The number of amides is 1. The maximum absolute atomic E-state index is 14.2. The van der Waals surface area contributed by atoms with E-state index in [1.807, 2.05) is 25.1 Å². The smallest absolute Gasteiger partial charge is 0.255 e. The number of nitrogens with two attached hydrogens (primary N) is 1. The number of ketones is 2. The first kappa shape index (κ1) is 29.2. The first-order chi connectivity index (χ1) is 20.4. The number of carbonyl (C=O) groups excluding carboxylic acids is 3. The van der Waals surface area contributed by atoms with E-state index in [1.54, 1.807) is 14.1 Å². The summed E-state index contributed by atoms with van der Waals surface area (Å²) in [4.78, 5) is 43.5. The van der Waals surface area contributed by atoms with Gasteiger partial charge in [0.2, 0.25) is 5.78 Å². The Morgan fingerprint density at radius 2 is 1.88 bits per heavy atom. The van der Waals surface area contributed by atoms with Crippen molar-refractivity contribution in [3.63, 3.8) is 0 Å². The van der Waals surface area contributed by atoms with Crippen LogP contribution in [0.15, 0.2) is 35.1 Å². The van der Waals surface area contributed by atoms with E-state index < -0.39 is 58.0 Å². The Kier molecular flexibility index (Phi) is 7.02. The summed E-state index contributed by atoms with van der Waals surface area (Å²) in [5, 5.41) is 47.4. The normalized spacial score (nSPS) is 27.2. The maximum Gasteiger partial charge on any atom is 0.255 e. The van der Waals surface area contributed by atoms with Crippen molar-refractivity contribution >= 4 is 34.0 Å². The lowest BCUT2D eigenvalue weighted by Crippen LogP contribution is -2.65. The molecule has 6 N–H and O–H groups in total. The number of rotatable bonds is 7. The topological polar surface area (TPSA) is 174 Å². The molecule has 4 aliphatic rings. The van der Waals surface area contributed by atoms with Crippen LogP contribution in [0.25, 0.3) is 16.5 Å². The zero-order valence-corrected chi connectivity index (χ0v) is 24.5. The van der Waals surface area contributed by atoms with Gasteiger partial charge in [0.25, 0.3) is 5.91 Å². The van der Waals surface area contributed by atoms with E-state index >= 15 is 0 Å². The summed E-state index contributed by atoms with van der Waals surface area (Å²) in [6.07, 6.45) is 2.05. The van der Waals surface area contributed by atoms with E-state index in [4.69, 9.17) is 10.5 Å². The van der Waals surface area contributed by atoms with Crippen molar-refractivity contribution in [2.24, 2.45) is 17.6 Å². The summed E-state index contributed by atoms with van der Waals surface area (Å²) in [6, 6.07) is 4.64. The number of Topliss-reactive ketones (excluding diaryl/α,β-unsaturated/α-hetero) is 2. The van der Waals surface area contributed by atoms with E-state index in [-0.39, 0.29) is 29.7 Å². The number of likely N-dealkylation sites (N-methyl/N-ethyl adjacent to an activating group) is 1. The van der Waals surface area contributed by atoms with Gasteiger partial charge in [-0.1, -0.05) is 19.1 Å². The Morgan fingerprint density at radius 3 is 2.49 bits per heavy atom. The number of carbonyl (C=O) groups is 3. The van der Waals surface area contributed by atoms with Gasteiger partial charge >= 0.3 is 0 Å². The third kappa shape index (κ3) is 4.16. The van der Waals surface area contributed by atoms with Crippen molar-refractivity contribution in [1.29, 1.82) is 0 Å². The van der Waals surface area contributed by atoms with Crippen molar-refractivity contribution in [2.75, 3.05) is 33.8 Å². The van der Waals surface area contributed by atoms with Crippen LogP contribution in [0.1, 0.15) is 42.9 Å². The quantitative estimate of drug-likeness (QED) is 0.300. The number of hydrogen-bond donors (Lipinski definition) is 5. The first-order valence-corrected chi connectivity index (χ1v) is 14.7. The maximum atomic E-state index is 14.2. The molecule has 6 rings (SSSR count). The van der Waals surface area contributed by atoms with Gasteiger partial charge in [-0.15, -0.1) is 0 Å². The second-order valence-corrected chi connectivity index (χ2v) is 12.4. The standard InChI is InChI=1S/C32H37N3O8/c1-4-10-43-28-17-7-6-15(14-35-8-5-9-35)11-18(17)25(36)22-19(28)12-16-13-20-24(34(2)3)27(38)23(31(33)41)30(40)32(20,42)29(39)21(16)26(22)37/h6-7,11,16,20,24,36-37,40,42H,4-5,8-10,12-14H2,1-3H3,(H2,33,41)/t16-,20-,24-,32-/m0/s1. The average Bonchev–Trinajstić information content (AvgIpc) is 2.92. The minimum atomic E-state index is -2.68. The minimum absolute atomic E-state index is 0.0204. The van der Waals surface area contributed by atoms with Crippen LogP contribution >= 0.6 is 0 Å². The van der Waals surface area contributed by atoms with E-state index in [9.17, 15) is 34.8 Å². The zero-order valence-electron chi connectivity index (χ0n) is 24.5. The number of aromatic hydroxyl groups is 1. The number of nitrogens with zero attached hydrogens (tertiary/aromatic N) is 2. The molecule has 3 aliphatic carbocycles. The molecule has 4 atom stereocenters. The molecular weight excluding hydrogens is 554 g/mol. The summed E-state index contributed by atoms with van der Waals surface area (Å²) < 4.78 is 6.24. The molecule has 11 nitrogen and oxygen atoms in total. The highest BCUT2D eigenvalue weighted by Gasteiger charge is 2.64. The van der Waals surface area contributed by atoms with Gasteiger partial charge in [0.05, 0.1) is 18.2 Å². The van der Waals surface area contributed by atoms with Gasteiger partial charge in [0.15, 0.2) is 11.4 Å². The largest absolute Gasteiger partial charge is 0.508 e. The highest BCUT2D eigenvalue weighted by Crippen LogP contribution is 2.55. The molecule has 1 saturated carbocycles. The molecule has 1 aliphatic heterocycles. The highest BCUT2D eigenvalue weighted by molar-refractivity contribution is 6.24. The molecule has 0 unspecified atom stereocenters. The Morgan fingerprint density at radius 1 is 1.16 bits per heavy atom. The fourth-order valence-electron chi connectivity index (χ4n) is 7.39. The van der Waals surface area contributed by atoms with Crippen LogP contribution in [-0.4, -0.2) is 93.1 Å². The Labute approximate surface area is 248 Å². The Balaban J connectivity index is 1.56. The molecule has 2 fully saturated rings. The third-order valence-corrected chi connectivity index (χ3v) is 9.52. The number of benzene rings is 2. The SMILES string of the molecule is CCCOc1c2c(c(O)c3cc(CN4CCC4)ccc13)C(O)=C1C(=O)[C@]3(O)C(O)=C(C(N)=O)C(=O)[C@@H](N(C)C)[C@@H]3C[C@@H]1C2. The summed E-state index contributed by atoms with van der Waals surface area (Å²) in [5.74, 6) is -6.23. The molecule has 0 bridgehead atoms. The molecule has 1 heterocycles. The molecular formula is C32H37N3O8. The van der Waals surface area contributed by atoms with Crippen molar-refractivity contribution in [3.8, 4) is 11.5 Å². The van der Waals surface area contributed by atoms with Gasteiger partial charge < -0.3 is 30.9 Å². The number of phenols is 1. The number of likely N-dealkylation sites (tertiary alicyclic amines) is 1. The average molecular weight is 592 g/mol. The molecule has 11 heteroatoms. The molecule has 2 aromatic carbocycles. The van der Waals surface area contributed by atoms with E-state index in [2.05, 4.69) is 4.90 Å². The van der Waals surface area contributed by atoms with Crippen LogP contribution in [0.4, 0.5) is 0 Å². The van der Waals surface area contributed by atoms with Crippen LogP contribution in [0.2, 0.25) is 0 Å². The Bertz CT molecular complexity index is 1640. The third-order valence-electron chi connectivity index (χ3n) is 9.52. The fourth-order valence-corrected chi connectivity index (χ4v) is 7.39. The highest BCUT2D eigenvalue weighted by atomic mass is 16.5. The van der Waals surface area contributed by atoms with Gasteiger partial charge in [-0.3, -0.25) is 24.2 Å². The summed E-state index contributed by atoms with van der Waals surface area (Å²) >= 11 is 0. The lowest BCUT2D eigenvalue weighted by atomic mass is 9.57. The molecule has 2 aromatic rings. The molecule has 0 radical (unpaired) electrons. The molecule has 43 heavy (non-hydrogen) atoms. The predicted molar refractivity (Wildman–Crippen MR) is 157 cm³/mol. The lowest BCUT2D eigenvalue weighted by Gasteiger charge is -2.50. The number of hydrogen-bond acceptors (Lipinski definition) is 10. The zero-order chi connectivity index (χ0) is 31.0. The van der Waals surface area contributed by atoms with Gasteiger partial charge in [-0.2, -0.15) is 0 Å². The van der Waals surface area contributed by atoms with Crippen LogP contribution in [-0.2, 0) is 27.3 Å². The summed E-state index contributed by atoms with van der Waals surface area (Å²) in [5.41, 5.74) is 3.27. The predicted octanol–water partition coefficient (Wildman–Crippen LogP) is 2.11. The van der Waals surface area contributed by atoms with Crippen molar-refractivity contribution < 1.29 is 39.5 Å². The van der Waals surface area contributed by atoms with E-state index in [0.717, 1.165) is 25.1 Å². The van der Waals surface area contributed by atoms with E-state index in [1.165, 1.54) is 4.90 Å². The van der Waals surface area contributed by atoms with Gasteiger partial charge in [0.1, 0.15) is 28.6 Å². The number of primary amides is 1. The Hall–Kier alpha value is -3.93. The molecule has 0 aromatic heterocycles.